The van der Waals surface area contributed by atoms with Gasteiger partial charge in [-0.1, -0.05) is 0 Å². The standard InChI is InChI=1S/C8H10N2O2/c1-5-2-7-8(12-4-11-7)3-6(5)10-9/h2-3,10H,4,9H2,1H3. The summed E-state index contributed by atoms with van der Waals surface area (Å²) in [5, 5.41) is 0. The minimum Gasteiger partial charge on any atom is -0.454 e. The van der Waals surface area contributed by atoms with Gasteiger partial charge in [0.1, 0.15) is 0 Å². The predicted molar refractivity (Wildman–Crippen MR) is 45.1 cm³/mol. The maximum Gasteiger partial charge on any atom is 0.231 e. The van der Waals surface area contributed by atoms with Crippen molar-refractivity contribution in [3.63, 3.8) is 0 Å². The molecule has 0 amide bonds. The molecular formula is C8H10N2O2. The van der Waals surface area contributed by atoms with Crippen LogP contribution in [0.4, 0.5) is 5.69 Å². The first-order chi connectivity index (χ1) is 5.81. The third-order valence-electron chi connectivity index (χ3n) is 1.88. The number of hydrogen-bond acceptors (Lipinski definition) is 4. The number of nitrogens with two attached hydrogens (primary N) is 1. The van der Waals surface area contributed by atoms with Crippen LogP contribution in [0.5, 0.6) is 11.5 Å². The molecule has 0 aliphatic carbocycles. The summed E-state index contributed by atoms with van der Waals surface area (Å²) >= 11 is 0. The van der Waals surface area contributed by atoms with Crippen LogP contribution in [-0.2, 0) is 0 Å². The normalized spacial score (nSPS) is 13.2. The monoisotopic (exact) mass is 166 g/mol. The Morgan fingerprint density at radius 3 is 2.67 bits per heavy atom. The number of aryl methyl sites for hydroxylation is 1. The van der Waals surface area contributed by atoms with E-state index >= 15 is 0 Å². The number of hydrogen-bond donors (Lipinski definition) is 2. The van der Waals surface area contributed by atoms with Gasteiger partial charge in [0, 0.05) is 6.07 Å². The SMILES string of the molecule is Cc1cc2c(cc1NN)OCO2. The van der Waals surface area contributed by atoms with Gasteiger partial charge in [0.2, 0.25) is 6.79 Å². The molecule has 0 saturated carbocycles. The van der Waals surface area contributed by atoms with E-state index in [1.165, 1.54) is 0 Å². The van der Waals surface area contributed by atoms with Crippen molar-refractivity contribution < 1.29 is 9.47 Å². The lowest BCUT2D eigenvalue weighted by molar-refractivity contribution is 0.174. The molecular weight excluding hydrogens is 156 g/mol. The summed E-state index contributed by atoms with van der Waals surface area (Å²) < 4.78 is 10.4. The average Bonchev–Trinajstić information content (AvgIpc) is 2.49. The Kier molecular flexibility index (Phi) is 1.55. The van der Waals surface area contributed by atoms with Crippen molar-refractivity contribution in [2.45, 2.75) is 6.92 Å². The summed E-state index contributed by atoms with van der Waals surface area (Å²) in [6, 6.07) is 3.73. The Balaban J connectivity index is 2.49. The van der Waals surface area contributed by atoms with E-state index in [4.69, 9.17) is 15.3 Å². The van der Waals surface area contributed by atoms with Crippen molar-refractivity contribution in [2.24, 2.45) is 5.84 Å². The number of anilines is 1. The Hall–Kier alpha value is -1.42. The van der Waals surface area contributed by atoms with E-state index in [0.29, 0.717) is 6.79 Å². The topological polar surface area (TPSA) is 56.5 Å². The molecule has 0 unspecified atom stereocenters. The molecule has 0 atom stereocenters. The molecule has 2 rings (SSSR count). The van der Waals surface area contributed by atoms with Crippen LogP contribution in [0.15, 0.2) is 12.1 Å². The minimum atomic E-state index is 0.294. The molecule has 12 heavy (non-hydrogen) atoms. The first-order valence-corrected chi connectivity index (χ1v) is 3.68. The fraction of sp³-hybridized carbons (Fsp3) is 0.250. The largest absolute Gasteiger partial charge is 0.454 e. The highest BCUT2D eigenvalue weighted by Gasteiger charge is 2.14. The molecule has 3 N–H and O–H groups in total. The van der Waals surface area contributed by atoms with Crippen LogP contribution in [0, 0.1) is 6.92 Å². The first-order valence-electron chi connectivity index (χ1n) is 3.68. The zero-order valence-corrected chi connectivity index (χ0v) is 6.76. The smallest absolute Gasteiger partial charge is 0.231 e. The van der Waals surface area contributed by atoms with E-state index in [9.17, 15) is 0 Å². The molecule has 0 radical (unpaired) electrons. The van der Waals surface area contributed by atoms with Crippen molar-refractivity contribution in [1.82, 2.24) is 0 Å². The Morgan fingerprint density at radius 1 is 1.33 bits per heavy atom. The Bertz CT molecular complexity index is 311. The number of rotatable bonds is 1. The fourth-order valence-corrected chi connectivity index (χ4v) is 1.20. The summed E-state index contributed by atoms with van der Waals surface area (Å²) in [6.07, 6.45) is 0. The van der Waals surface area contributed by atoms with Gasteiger partial charge in [-0.05, 0) is 18.6 Å². The number of hydrazine groups is 1. The van der Waals surface area contributed by atoms with Crippen LogP contribution in [0.2, 0.25) is 0 Å². The van der Waals surface area contributed by atoms with Gasteiger partial charge in [0.15, 0.2) is 11.5 Å². The second kappa shape index (κ2) is 2.57. The van der Waals surface area contributed by atoms with Crippen LogP contribution in [0.25, 0.3) is 0 Å². The number of benzene rings is 1. The van der Waals surface area contributed by atoms with Crippen LogP contribution in [0.3, 0.4) is 0 Å². The van der Waals surface area contributed by atoms with Gasteiger partial charge in [-0.2, -0.15) is 0 Å². The lowest BCUT2D eigenvalue weighted by Gasteiger charge is -2.05. The third kappa shape index (κ3) is 0.967. The van der Waals surface area contributed by atoms with Crippen LogP contribution < -0.4 is 20.7 Å². The average molecular weight is 166 g/mol. The molecule has 1 aromatic rings. The van der Waals surface area contributed by atoms with Crippen molar-refractivity contribution in [3.8, 4) is 11.5 Å². The van der Waals surface area contributed by atoms with Gasteiger partial charge >= 0.3 is 0 Å². The van der Waals surface area contributed by atoms with Crippen molar-refractivity contribution >= 4 is 5.69 Å². The fourth-order valence-electron chi connectivity index (χ4n) is 1.20. The molecule has 1 heterocycles. The number of ether oxygens (including phenoxy) is 2. The molecule has 0 fully saturated rings. The Morgan fingerprint density at radius 2 is 2.00 bits per heavy atom. The van der Waals surface area contributed by atoms with Gasteiger partial charge in [-0.25, -0.2) is 0 Å². The number of fused-ring (bicyclic) bond motifs is 1. The summed E-state index contributed by atoms with van der Waals surface area (Å²) in [4.78, 5) is 0. The maximum atomic E-state index is 5.30. The minimum absolute atomic E-state index is 0.294. The van der Waals surface area contributed by atoms with Crippen LogP contribution in [0.1, 0.15) is 5.56 Å². The highest BCUT2D eigenvalue weighted by molar-refractivity contribution is 5.60. The van der Waals surface area contributed by atoms with Gasteiger partial charge in [-0.3, -0.25) is 5.84 Å². The molecule has 4 nitrogen and oxygen atoms in total. The quantitative estimate of drug-likeness (QED) is 0.483. The summed E-state index contributed by atoms with van der Waals surface area (Å²) in [6.45, 7) is 2.25. The number of nitrogens with one attached hydrogen (secondary N) is 1. The highest BCUT2D eigenvalue weighted by Crippen LogP contribution is 2.36. The molecule has 0 aromatic heterocycles. The molecule has 0 spiro atoms. The van der Waals surface area contributed by atoms with Gasteiger partial charge in [-0.15, -0.1) is 0 Å². The summed E-state index contributed by atoms with van der Waals surface area (Å²) in [5.74, 6) is 6.83. The van der Waals surface area contributed by atoms with E-state index in [1.807, 2.05) is 19.1 Å². The Labute approximate surface area is 70.2 Å². The molecule has 1 aromatic carbocycles. The van der Waals surface area contributed by atoms with Crippen molar-refractivity contribution in [1.29, 1.82) is 0 Å². The molecule has 0 saturated heterocycles. The second-order valence-corrected chi connectivity index (χ2v) is 2.66. The van der Waals surface area contributed by atoms with E-state index < -0.39 is 0 Å². The maximum absolute atomic E-state index is 5.30. The van der Waals surface area contributed by atoms with Gasteiger partial charge in [0.05, 0.1) is 5.69 Å². The zero-order chi connectivity index (χ0) is 8.55. The predicted octanol–water partition coefficient (Wildman–Crippen LogP) is 1.01. The van der Waals surface area contributed by atoms with Crippen molar-refractivity contribution in [2.75, 3.05) is 12.2 Å². The molecule has 4 heteroatoms. The number of nitrogen functional groups attached to an aromatic ring is 1. The molecule has 0 bridgehead atoms. The van der Waals surface area contributed by atoms with E-state index in [2.05, 4.69) is 5.43 Å². The van der Waals surface area contributed by atoms with E-state index in [0.717, 1.165) is 22.7 Å². The lowest BCUT2D eigenvalue weighted by Crippen LogP contribution is -2.07. The first kappa shape index (κ1) is 7.24. The summed E-state index contributed by atoms with van der Waals surface area (Å²) in [7, 11) is 0. The highest BCUT2D eigenvalue weighted by atomic mass is 16.7. The zero-order valence-electron chi connectivity index (χ0n) is 6.76. The third-order valence-corrected chi connectivity index (χ3v) is 1.88. The van der Waals surface area contributed by atoms with Crippen molar-refractivity contribution in [3.05, 3.63) is 17.7 Å². The van der Waals surface area contributed by atoms with Crippen LogP contribution >= 0.6 is 0 Å². The van der Waals surface area contributed by atoms with E-state index in [1.54, 1.807) is 0 Å². The van der Waals surface area contributed by atoms with E-state index in [-0.39, 0.29) is 0 Å². The summed E-state index contributed by atoms with van der Waals surface area (Å²) in [5.41, 5.74) is 4.49. The van der Waals surface area contributed by atoms with Gasteiger partial charge in [0.25, 0.3) is 0 Å². The lowest BCUT2D eigenvalue weighted by atomic mass is 10.2. The van der Waals surface area contributed by atoms with Crippen LogP contribution in [-0.4, -0.2) is 6.79 Å². The molecule has 64 valence electrons. The molecule has 1 aliphatic rings. The van der Waals surface area contributed by atoms with Gasteiger partial charge < -0.3 is 14.9 Å². The molecule has 1 aliphatic heterocycles. The second-order valence-electron chi connectivity index (χ2n) is 2.66.